The van der Waals surface area contributed by atoms with Crippen LogP contribution in [0.15, 0.2) is 54.1 Å². The van der Waals surface area contributed by atoms with Crippen molar-refractivity contribution in [3.63, 3.8) is 0 Å². The number of hydrogen-bond donors (Lipinski definition) is 2. The fourth-order valence-electron chi connectivity index (χ4n) is 2.26. The highest BCUT2D eigenvalue weighted by Gasteiger charge is 2.09. The third-order valence-corrected chi connectivity index (χ3v) is 3.58. The lowest BCUT2D eigenvalue weighted by molar-refractivity contribution is -0.112. The molecule has 0 aromatic heterocycles. The van der Waals surface area contributed by atoms with E-state index in [1.807, 2.05) is 30.3 Å². The first-order valence-electron chi connectivity index (χ1n) is 7.93. The zero-order valence-corrected chi connectivity index (χ0v) is 13.6. The molecule has 2 aromatic rings. The fraction of sp³-hybridized carbons (Fsp3) is 0.200. The van der Waals surface area contributed by atoms with Crippen molar-refractivity contribution in [2.75, 3.05) is 5.32 Å². The number of amides is 1. The monoisotopic (exact) mass is 320 g/mol. The molecule has 2 aromatic carbocycles. The number of aromatic hydroxyl groups is 1. The highest BCUT2D eigenvalue weighted by molar-refractivity contribution is 6.09. The van der Waals surface area contributed by atoms with E-state index in [2.05, 4.69) is 12.2 Å². The van der Waals surface area contributed by atoms with Crippen LogP contribution in [-0.4, -0.2) is 11.0 Å². The molecule has 0 aliphatic carbocycles. The molecule has 0 bridgehead atoms. The van der Waals surface area contributed by atoms with Gasteiger partial charge in [-0.1, -0.05) is 37.6 Å². The van der Waals surface area contributed by atoms with Crippen LogP contribution >= 0.6 is 0 Å². The maximum atomic E-state index is 12.2. The number of benzene rings is 2. The van der Waals surface area contributed by atoms with Gasteiger partial charge in [0.2, 0.25) is 0 Å². The van der Waals surface area contributed by atoms with Crippen LogP contribution in [0.3, 0.4) is 0 Å². The van der Waals surface area contributed by atoms with Gasteiger partial charge < -0.3 is 10.4 Å². The van der Waals surface area contributed by atoms with Crippen LogP contribution in [0, 0.1) is 11.3 Å². The molecule has 0 saturated heterocycles. The van der Waals surface area contributed by atoms with Crippen LogP contribution in [0.5, 0.6) is 5.75 Å². The number of carbonyl (C=O) groups is 1. The maximum Gasteiger partial charge on any atom is 0.266 e. The summed E-state index contributed by atoms with van der Waals surface area (Å²) in [5.41, 5.74) is 2.45. The first-order chi connectivity index (χ1) is 11.6. The van der Waals surface area contributed by atoms with Gasteiger partial charge in [0.15, 0.2) is 0 Å². The Morgan fingerprint density at radius 3 is 2.62 bits per heavy atom. The van der Waals surface area contributed by atoms with E-state index in [1.54, 1.807) is 12.1 Å². The summed E-state index contributed by atoms with van der Waals surface area (Å²) >= 11 is 0. The predicted octanol–water partition coefficient (Wildman–Crippen LogP) is 4.28. The number of nitrogens with zero attached hydrogens (tertiary/aromatic N) is 1. The number of phenols is 1. The van der Waals surface area contributed by atoms with E-state index in [4.69, 9.17) is 0 Å². The van der Waals surface area contributed by atoms with E-state index in [9.17, 15) is 15.2 Å². The standard InChI is InChI=1S/C20H20N2O2/c1-2-3-5-15-8-10-18(11-9-15)22-20(24)17(14-21)12-16-6-4-7-19(23)13-16/h4,6-13,23H,2-3,5H2,1H3,(H,22,24)/b17-12+. The molecule has 4 nitrogen and oxygen atoms in total. The summed E-state index contributed by atoms with van der Waals surface area (Å²) in [4.78, 5) is 12.2. The molecular formula is C20H20N2O2. The summed E-state index contributed by atoms with van der Waals surface area (Å²) in [7, 11) is 0. The Morgan fingerprint density at radius 2 is 2.00 bits per heavy atom. The van der Waals surface area contributed by atoms with Gasteiger partial charge in [0, 0.05) is 5.69 Å². The van der Waals surface area contributed by atoms with Crippen LogP contribution < -0.4 is 5.32 Å². The number of hydrogen-bond acceptors (Lipinski definition) is 3. The van der Waals surface area contributed by atoms with Crippen molar-refractivity contribution in [1.82, 2.24) is 0 Å². The van der Waals surface area contributed by atoms with E-state index in [0.29, 0.717) is 11.3 Å². The van der Waals surface area contributed by atoms with Crippen molar-refractivity contribution in [1.29, 1.82) is 5.26 Å². The third-order valence-electron chi connectivity index (χ3n) is 3.58. The smallest absolute Gasteiger partial charge is 0.266 e. The summed E-state index contributed by atoms with van der Waals surface area (Å²) in [6.45, 7) is 2.15. The molecule has 0 saturated carbocycles. The van der Waals surface area contributed by atoms with E-state index in [0.717, 1.165) is 19.3 Å². The van der Waals surface area contributed by atoms with Crippen LogP contribution in [0.4, 0.5) is 5.69 Å². The van der Waals surface area contributed by atoms with Gasteiger partial charge in [-0.05, 0) is 54.3 Å². The van der Waals surface area contributed by atoms with E-state index in [-0.39, 0.29) is 11.3 Å². The van der Waals surface area contributed by atoms with Gasteiger partial charge in [-0.25, -0.2) is 0 Å². The van der Waals surface area contributed by atoms with Gasteiger partial charge in [-0.3, -0.25) is 4.79 Å². The zero-order valence-electron chi connectivity index (χ0n) is 13.6. The second-order valence-corrected chi connectivity index (χ2v) is 5.52. The van der Waals surface area contributed by atoms with Gasteiger partial charge in [-0.15, -0.1) is 0 Å². The van der Waals surface area contributed by atoms with Crippen molar-refractivity contribution in [3.05, 3.63) is 65.2 Å². The third kappa shape index (κ3) is 4.99. The van der Waals surface area contributed by atoms with Gasteiger partial charge in [-0.2, -0.15) is 5.26 Å². The normalized spacial score (nSPS) is 10.9. The SMILES string of the molecule is CCCCc1ccc(NC(=O)/C(C#N)=C/c2cccc(O)c2)cc1. The van der Waals surface area contributed by atoms with Gasteiger partial charge in [0.25, 0.3) is 5.91 Å². The molecule has 0 heterocycles. The number of phenolic OH excluding ortho intramolecular Hbond substituents is 1. The quantitative estimate of drug-likeness (QED) is 0.616. The summed E-state index contributed by atoms with van der Waals surface area (Å²) in [5, 5.41) is 21.4. The van der Waals surface area contributed by atoms with Gasteiger partial charge in [0.05, 0.1) is 0 Å². The van der Waals surface area contributed by atoms with Crippen LogP contribution in [0.2, 0.25) is 0 Å². The number of anilines is 1. The molecule has 122 valence electrons. The summed E-state index contributed by atoms with van der Waals surface area (Å²) in [6.07, 6.45) is 4.75. The first-order valence-corrected chi connectivity index (χ1v) is 7.93. The van der Waals surface area contributed by atoms with Gasteiger partial charge >= 0.3 is 0 Å². The summed E-state index contributed by atoms with van der Waals surface area (Å²) in [6, 6.07) is 15.9. The Bertz CT molecular complexity index is 771. The Morgan fingerprint density at radius 1 is 1.25 bits per heavy atom. The van der Waals surface area contributed by atoms with Crippen molar-refractivity contribution >= 4 is 17.7 Å². The topological polar surface area (TPSA) is 73.1 Å². The van der Waals surface area contributed by atoms with Crippen LogP contribution in [-0.2, 0) is 11.2 Å². The molecule has 0 fully saturated rings. The van der Waals surface area contributed by atoms with Crippen LogP contribution in [0.1, 0.15) is 30.9 Å². The predicted molar refractivity (Wildman–Crippen MR) is 95.4 cm³/mol. The molecule has 24 heavy (non-hydrogen) atoms. The Hall–Kier alpha value is -3.06. The average Bonchev–Trinajstić information content (AvgIpc) is 2.59. The van der Waals surface area contributed by atoms with E-state index < -0.39 is 5.91 Å². The number of nitriles is 1. The minimum Gasteiger partial charge on any atom is -0.508 e. The Kier molecular flexibility index (Phi) is 6.16. The molecule has 0 unspecified atom stereocenters. The number of unbranched alkanes of at least 4 members (excludes halogenated alkanes) is 1. The number of nitrogens with one attached hydrogen (secondary N) is 1. The molecule has 0 aliphatic heterocycles. The largest absolute Gasteiger partial charge is 0.508 e. The lowest BCUT2D eigenvalue weighted by Crippen LogP contribution is -2.13. The lowest BCUT2D eigenvalue weighted by atomic mass is 10.1. The minimum absolute atomic E-state index is 0.0179. The Labute approximate surface area is 142 Å². The molecule has 4 heteroatoms. The summed E-state index contributed by atoms with van der Waals surface area (Å²) in [5.74, 6) is -0.383. The lowest BCUT2D eigenvalue weighted by Gasteiger charge is -2.06. The molecule has 0 aliphatic rings. The first kappa shape index (κ1) is 17.3. The molecule has 2 N–H and O–H groups in total. The van der Waals surface area contributed by atoms with Crippen molar-refractivity contribution in [2.24, 2.45) is 0 Å². The van der Waals surface area contributed by atoms with Crippen LogP contribution in [0.25, 0.3) is 6.08 Å². The average molecular weight is 320 g/mol. The van der Waals surface area contributed by atoms with Crippen molar-refractivity contribution in [2.45, 2.75) is 26.2 Å². The zero-order chi connectivity index (χ0) is 17.4. The minimum atomic E-state index is -0.470. The van der Waals surface area contributed by atoms with E-state index in [1.165, 1.54) is 23.8 Å². The number of carbonyl (C=O) groups excluding carboxylic acids is 1. The van der Waals surface area contributed by atoms with E-state index >= 15 is 0 Å². The molecule has 0 radical (unpaired) electrons. The Balaban J connectivity index is 2.08. The fourth-order valence-corrected chi connectivity index (χ4v) is 2.26. The second-order valence-electron chi connectivity index (χ2n) is 5.52. The van der Waals surface area contributed by atoms with Crippen molar-refractivity contribution < 1.29 is 9.90 Å². The highest BCUT2D eigenvalue weighted by Crippen LogP contribution is 2.16. The second kappa shape index (κ2) is 8.54. The molecule has 0 spiro atoms. The molecular weight excluding hydrogens is 300 g/mol. The highest BCUT2D eigenvalue weighted by atomic mass is 16.3. The number of rotatable bonds is 6. The maximum absolute atomic E-state index is 12.2. The molecule has 2 rings (SSSR count). The van der Waals surface area contributed by atoms with Crippen molar-refractivity contribution in [3.8, 4) is 11.8 Å². The van der Waals surface area contributed by atoms with Gasteiger partial charge in [0.1, 0.15) is 17.4 Å². The number of aryl methyl sites for hydroxylation is 1. The molecule has 0 atom stereocenters. The summed E-state index contributed by atoms with van der Waals surface area (Å²) < 4.78 is 0. The molecule has 1 amide bonds.